The molecule has 0 radical (unpaired) electrons. The molecule has 1 amide bonds. The van der Waals surface area contributed by atoms with E-state index in [9.17, 15) is 4.79 Å². The zero-order valence-electron chi connectivity index (χ0n) is 20.0. The Morgan fingerprint density at radius 1 is 1.12 bits per heavy atom. The van der Waals surface area contributed by atoms with Crippen molar-refractivity contribution < 1.29 is 19.4 Å². The Morgan fingerprint density at radius 2 is 1.76 bits per heavy atom. The lowest BCUT2D eigenvalue weighted by molar-refractivity contribution is -0.134. The number of carboxylic acid groups (broad SMARTS) is 1. The smallest absolute Gasteiger partial charge is 0.300 e. The summed E-state index contributed by atoms with van der Waals surface area (Å²) in [5.41, 5.74) is 4.37. The number of carbonyl (C=O) groups excluding carboxylic acids is 1. The van der Waals surface area contributed by atoms with Gasteiger partial charge in [-0.3, -0.25) is 14.9 Å². The summed E-state index contributed by atoms with van der Waals surface area (Å²) in [7, 11) is 0. The Kier molecular flexibility index (Phi) is 11.0. The average molecular weight is 503 g/mol. The molecule has 0 saturated carbocycles. The molecule has 182 valence electrons. The number of fused-ring (bicyclic) bond motifs is 1. The van der Waals surface area contributed by atoms with E-state index in [0.29, 0.717) is 28.7 Å². The Labute approximate surface area is 210 Å². The molecule has 1 aliphatic rings. The highest BCUT2D eigenvalue weighted by Crippen LogP contribution is 2.27. The van der Waals surface area contributed by atoms with E-state index in [1.54, 1.807) is 24.3 Å². The van der Waals surface area contributed by atoms with Gasteiger partial charge < -0.3 is 9.84 Å². The highest BCUT2D eigenvalue weighted by Gasteiger charge is 2.13. The highest BCUT2D eigenvalue weighted by atomic mass is 35.5. The molecular formula is C26H31ClN2O4S. The maximum absolute atomic E-state index is 12.3. The van der Waals surface area contributed by atoms with Crippen molar-refractivity contribution in [3.63, 3.8) is 0 Å². The van der Waals surface area contributed by atoms with E-state index in [1.807, 2.05) is 20.8 Å². The van der Waals surface area contributed by atoms with Gasteiger partial charge in [0.2, 0.25) is 0 Å². The van der Waals surface area contributed by atoms with Crippen LogP contribution in [0.25, 0.3) is 0 Å². The van der Waals surface area contributed by atoms with Crippen molar-refractivity contribution in [1.82, 2.24) is 4.98 Å². The van der Waals surface area contributed by atoms with Crippen LogP contribution in [0.1, 0.15) is 59.2 Å². The van der Waals surface area contributed by atoms with Gasteiger partial charge in [0.05, 0.1) is 12.3 Å². The molecule has 0 fully saturated rings. The van der Waals surface area contributed by atoms with Gasteiger partial charge in [-0.15, -0.1) is 11.3 Å². The van der Waals surface area contributed by atoms with Crippen molar-refractivity contribution in [1.29, 1.82) is 0 Å². The van der Waals surface area contributed by atoms with Crippen LogP contribution in [-0.2, 0) is 24.1 Å². The van der Waals surface area contributed by atoms with Gasteiger partial charge in [-0.2, -0.15) is 0 Å². The molecular weight excluding hydrogens is 472 g/mol. The van der Waals surface area contributed by atoms with Crippen LogP contribution in [0.5, 0.6) is 5.75 Å². The van der Waals surface area contributed by atoms with Gasteiger partial charge in [0.15, 0.2) is 5.13 Å². The molecule has 34 heavy (non-hydrogen) atoms. The third-order valence-corrected chi connectivity index (χ3v) is 6.08. The number of aliphatic carboxylic acids is 1. The standard InChI is InChI=1S/C22H21ClN2O2S.C2H4O2.C2H6/c1-14-20(11-12-27-19-10-7-15-3-2-4-17(15)13-19)24-22(28-14)25-21(26)16-5-8-18(23)9-6-16;1-2(3)4;1-2/h5-10,13H,2-4,11-12H2,1H3,(H,24,25,26);1H3,(H,3,4);1-2H3. The Bertz CT molecular complexity index is 1090. The molecule has 0 bridgehead atoms. The quantitative estimate of drug-likeness (QED) is 0.397. The number of nitrogens with one attached hydrogen (secondary N) is 1. The summed E-state index contributed by atoms with van der Waals surface area (Å²) in [4.78, 5) is 27.0. The fourth-order valence-corrected chi connectivity index (χ4v) is 4.37. The van der Waals surface area contributed by atoms with E-state index in [-0.39, 0.29) is 5.91 Å². The van der Waals surface area contributed by atoms with Crippen molar-refractivity contribution in [2.75, 3.05) is 11.9 Å². The molecule has 2 aromatic carbocycles. The summed E-state index contributed by atoms with van der Waals surface area (Å²) >= 11 is 7.35. The average Bonchev–Trinajstić information content (AvgIpc) is 3.41. The number of nitrogens with zero attached hydrogens (tertiary/aromatic N) is 1. The zero-order valence-corrected chi connectivity index (χ0v) is 21.6. The summed E-state index contributed by atoms with van der Waals surface area (Å²) in [6.07, 6.45) is 4.27. The van der Waals surface area contributed by atoms with Crippen molar-refractivity contribution >= 4 is 39.9 Å². The van der Waals surface area contributed by atoms with Crippen LogP contribution in [0.2, 0.25) is 5.02 Å². The van der Waals surface area contributed by atoms with E-state index in [4.69, 9.17) is 26.2 Å². The van der Waals surface area contributed by atoms with Gasteiger partial charge in [0.25, 0.3) is 11.9 Å². The summed E-state index contributed by atoms with van der Waals surface area (Å²) in [5, 5.41) is 11.5. The number of carboxylic acids is 1. The molecule has 2 N–H and O–H groups in total. The van der Waals surface area contributed by atoms with Gasteiger partial charge in [0.1, 0.15) is 5.75 Å². The number of amides is 1. The summed E-state index contributed by atoms with van der Waals surface area (Å²) < 4.78 is 5.93. The minimum Gasteiger partial charge on any atom is -0.493 e. The number of carbonyl (C=O) groups is 2. The highest BCUT2D eigenvalue weighted by molar-refractivity contribution is 7.15. The topological polar surface area (TPSA) is 88.5 Å². The molecule has 4 rings (SSSR count). The van der Waals surface area contributed by atoms with Gasteiger partial charge in [-0.1, -0.05) is 31.5 Å². The summed E-state index contributed by atoms with van der Waals surface area (Å²) in [5.74, 6) is -0.101. The minimum atomic E-state index is -0.833. The van der Waals surface area contributed by atoms with Crippen LogP contribution in [0, 0.1) is 6.92 Å². The molecule has 0 spiro atoms. The van der Waals surface area contributed by atoms with Gasteiger partial charge in [-0.25, -0.2) is 4.98 Å². The third-order valence-electron chi connectivity index (χ3n) is 4.90. The summed E-state index contributed by atoms with van der Waals surface area (Å²) in [6, 6.07) is 13.2. The van der Waals surface area contributed by atoms with E-state index in [1.165, 1.54) is 35.3 Å². The molecule has 0 atom stereocenters. The molecule has 8 heteroatoms. The number of ether oxygens (including phenoxy) is 1. The first-order valence-electron chi connectivity index (χ1n) is 11.3. The lowest BCUT2D eigenvalue weighted by Gasteiger charge is -2.07. The van der Waals surface area contributed by atoms with Crippen LogP contribution in [0.3, 0.4) is 0 Å². The number of thiazole rings is 1. The second-order valence-electron chi connectivity index (χ2n) is 7.38. The largest absolute Gasteiger partial charge is 0.493 e. The molecule has 3 aromatic rings. The van der Waals surface area contributed by atoms with Crippen molar-refractivity contribution in [2.45, 2.75) is 53.4 Å². The first-order valence-corrected chi connectivity index (χ1v) is 12.5. The first kappa shape index (κ1) is 27.3. The van der Waals surface area contributed by atoms with E-state index >= 15 is 0 Å². The zero-order chi connectivity index (χ0) is 25.1. The van der Waals surface area contributed by atoms with Crippen LogP contribution >= 0.6 is 22.9 Å². The van der Waals surface area contributed by atoms with E-state index in [2.05, 4.69) is 28.5 Å². The van der Waals surface area contributed by atoms with Crippen LogP contribution in [0.15, 0.2) is 42.5 Å². The van der Waals surface area contributed by atoms with Crippen molar-refractivity contribution in [3.05, 3.63) is 74.7 Å². The number of hydrogen-bond donors (Lipinski definition) is 2. The second-order valence-corrected chi connectivity index (χ2v) is 9.02. The Balaban J connectivity index is 0.000000618. The van der Waals surface area contributed by atoms with Gasteiger partial charge in [0, 0.05) is 28.8 Å². The molecule has 0 aliphatic heterocycles. The molecule has 1 aliphatic carbocycles. The molecule has 0 unspecified atom stereocenters. The lowest BCUT2D eigenvalue weighted by atomic mass is 10.1. The van der Waals surface area contributed by atoms with Gasteiger partial charge >= 0.3 is 0 Å². The predicted molar refractivity (Wildman–Crippen MR) is 139 cm³/mol. The third kappa shape index (κ3) is 8.47. The summed E-state index contributed by atoms with van der Waals surface area (Å²) in [6.45, 7) is 7.66. The fraction of sp³-hybridized carbons (Fsp3) is 0.346. The maximum Gasteiger partial charge on any atom is 0.300 e. The van der Waals surface area contributed by atoms with E-state index < -0.39 is 5.97 Å². The lowest BCUT2D eigenvalue weighted by Crippen LogP contribution is -2.11. The first-order chi connectivity index (χ1) is 16.3. The molecule has 0 saturated heterocycles. The SMILES string of the molecule is CC.CC(=O)O.Cc1sc(NC(=O)c2ccc(Cl)cc2)nc1CCOc1ccc2c(c1)CCC2. The number of halogens is 1. The van der Waals surface area contributed by atoms with Crippen LogP contribution in [0.4, 0.5) is 5.13 Å². The Morgan fingerprint density at radius 3 is 2.44 bits per heavy atom. The van der Waals surface area contributed by atoms with Crippen LogP contribution < -0.4 is 10.1 Å². The number of benzene rings is 2. The fourth-order valence-electron chi connectivity index (χ4n) is 3.39. The maximum atomic E-state index is 12.3. The second kappa shape index (κ2) is 13.7. The van der Waals surface area contributed by atoms with Crippen molar-refractivity contribution in [2.24, 2.45) is 0 Å². The number of rotatable bonds is 6. The Hall–Kier alpha value is -2.90. The molecule has 1 heterocycles. The normalized spacial score (nSPS) is 11.3. The predicted octanol–water partition coefficient (Wildman–Crippen LogP) is 6.58. The van der Waals surface area contributed by atoms with Gasteiger partial charge in [-0.05, 0) is 73.7 Å². The molecule has 6 nitrogen and oxygen atoms in total. The molecule has 1 aromatic heterocycles. The monoisotopic (exact) mass is 502 g/mol. The van der Waals surface area contributed by atoms with E-state index in [0.717, 1.165) is 29.7 Å². The number of aryl methyl sites for hydroxylation is 3. The van der Waals surface area contributed by atoms with Crippen molar-refractivity contribution in [3.8, 4) is 5.75 Å². The number of anilines is 1. The minimum absolute atomic E-state index is 0.189. The van der Waals surface area contributed by atoms with Crippen LogP contribution in [-0.4, -0.2) is 28.6 Å². The number of aromatic nitrogens is 1. The number of hydrogen-bond acceptors (Lipinski definition) is 5.